The molecule has 1 aromatic carbocycles. The van der Waals surface area contributed by atoms with Gasteiger partial charge < -0.3 is 10.6 Å². The Morgan fingerprint density at radius 1 is 1.37 bits per heavy atom. The van der Waals surface area contributed by atoms with Crippen molar-refractivity contribution in [2.24, 2.45) is 5.73 Å². The van der Waals surface area contributed by atoms with Gasteiger partial charge in [-0.25, -0.2) is 4.98 Å². The van der Waals surface area contributed by atoms with E-state index in [0.717, 1.165) is 10.9 Å². The van der Waals surface area contributed by atoms with Crippen LogP contribution in [0.4, 0.5) is 5.82 Å². The van der Waals surface area contributed by atoms with Crippen LogP contribution in [0.25, 0.3) is 10.9 Å². The predicted octanol–water partition coefficient (Wildman–Crippen LogP) is 1.98. The van der Waals surface area contributed by atoms with Crippen molar-refractivity contribution in [1.29, 1.82) is 0 Å². The van der Waals surface area contributed by atoms with Crippen LogP contribution in [0.3, 0.4) is 0 Å². The molecule has 0 saturated heterocycles. The topological polar surface area (TPSA) is 72.1 Å². The molecule has 2 N–H and O–H groups in total. The standard InChI is InChI=1S/C13H15ClN4O/c1-8(2)18(7-11(15)19)12-9-5-3-4-6-10(9)16-13(14)17-12/h3-6,8H,7H2,1-2H3,(H2,15,19). The molecule has 19 heavy (non-hydrogen) atoms. The molecule has 1 amide bonds. The third-order valence-corrected chi connectivity index (χ3v) is 2.95. The number of primary amides is 1. The van der Waals surface area contributed by atoms with E-state index in [9.17, 15) is 4.79 Å². The second-order valence-corrected chi connectivity index (χ2v) is 4.86. The smallest absolute Gasteiger partial charge is 0.237 e. The SMILES string of the molecule is CC(C)N(CC(N)=O)c1nc(Cl)nc2ccccc12. The van der Waals surface area contributed by atoms with E-state index in [2.05, 4.69) is 9.97 Å². The number of amides is 1. The number of hydrogen-bond donors (Lipinski definition) is 1. The highest BCUT2D eigenvalue weighted by Crippen LogP contribution is 2.26. The summed E-state index contributed by atoms with van der Waals surface area (Å²) in [7, 11) is 0. The fraction of sp³-hybridized carbons (Fsp3) is 0.308. The first kappa shape index (κ1) is 13.5. The Morgan fingerprint density at radius 3 is 2.68 bits per heavy atom. The third kappa shape index (κ3) is 2.93. The molecule has 0 aliphatic carbocycles. The van der Waals surface area contributed by atoms with Crippen LogP contribution >= 0.6 is 11.6 Å². The highest BCUT2D eigenvalue weighted by molar-refractivity contribution is 6.28. The zero-order chi connectivity index (χ0) is 14.0. The van der Waals surface area contributed by atoms with Crippen molar-refractivity contribution >= 4 is 34.2 Å². The Bertz CT molecular complexity index is 615. The summed E-state index contributed by atoms with van der Waals surface area (Å²) in [6, 6.07) is 7.60. The fourth-order valence-corrected chi connectivity index (χ4v) is 2.09. The molecule has 5 nitrogen and oxygen atoms in total. The molecule has 2 aromatic rings. The Kier molecular flexibility index (Phi) is 3.85. The van der Waals surface area contributed by atoms with Gasteiger partial charge in [0.2, 0.25) is 11.2 Å². The molecular weight excluding hydrogens is 264 g/mol. The summed E-state index contributed by atoms with van der Waals surface area (Å²) < 4.78 is 0. The van der Waals surface area contributed by atoms with Crippen LogP contribution in [0.15, 0.2) is 24.3 Å². The molecule has 0 atom stereocenters. The monoisotopic (exact) mass is 278 g/mol. The Morgan fingerprint density at radius 2 is 2.05 bits per heavy atom. The number of rotatable bonds is 4. The minimum Gasteiger partial charge on any atom is -0.368 e. The molecule has 0 aliphatic heterocycles. The summed E-state index contributed by atoms with van der Waals surface area (Å²) in [5.41, 5.74) is 6.04. The normalized spacial score (nSPS) is 10.9. The van der Waals surface area contributed by atoms with Gasteiger partial charge in [-0.15, -0.1) is 0 Å². The van der Waals surface area contributed by atoms with Crippen LogP contribution in [0.1, 0.15) is 13.8 Å². The molecule has 0 spiro atoms. The van der Waals surface area contributed by atoms with Crippen LogP contribution < -0.4 is 10.6 Å². The molecule has 0 bridgehead atoms. The second-order valence-electron chi connectivity index (χ2n) is 4.52. The van der Waals surface area contributed by atoms with E-state index in [-0.39, 0.29) is 17.9 Å². The lowest BCUT2D eigenvalue weighted by Gasteiger charge is -2.27. The number of anilines is 1. The summed E-state index contributed by atoms with van der Waals surface area (Å²) >= 11 is 5.94. The van der Waals surface area contributed by atoms with Gasteiger partial charge >= 0.3 is 0 Å². The summed E-state index contributed by atoms with van der Waals surface area (Å²) in [6.45, 7) is 4.02. The highest BCUT2D eigenvalue weighted by atomic mass is 35.5. The largest absolute Gasteiger partial charge is 0.368 e. The third-order valence-electron chi connectivity index (χ3n) is 2.78. The number of carbonyl (C=O) groups excluding carboxylic acids is 1. The van der Waals surface area contributed by atoms with Gasteiger partial charge in [0.25, 0.3) is 0 Å². The number of nitrogens with zero attached hydrogens (tertiary/aromatic N) is 3. The summed E-state index contributed by atoms with van der Waals surface area (Å²) in [5, 5.41) is 1.01. The van der Waals surface area contributed by atoms with Crippen LogP contribution in [0.2, 0.25) is 5.28 Å². The number of halogens is 1. The number of aromatic nitrogens is 2. The number of carbonyl (C=O) groups is 1. The minimum atomic E-state index is -0.410. The first-order chi connectivity index (χ1) is 8.99. The van der Waals surface area contributed by atoms with Gasteiger partial charge in [-0.05, 0) is 37.6 Å². The average Bonchev–Trinajstić information content (AvgIpc) is 2.34. The molecule has 6 heteroatoms. The quantitative estimate of drug-likeness (QED) is 0.868. The molecule has 0 aliphatic rings. The van der Waals surface area contributed by atoms with Crippen LogP contribution in [0, 0.1) is 0 Å². The maximum absolute atomic E-state index is 11.2. The first-order valence-electron chi connectivity index (χ1n) is 5.96. The summed E-state index contributed by atoms with van der Waals surface area (Å²) in [5.74, 6) is 0.219. The Hall–Kier alpha value is -1.88. The summed E-state index contributed by atoms with van der Waals surface area (Å²) in [4.78, 5) is 21.4. The molecule has 0 radical (unpaired) electrons. The number of benzene rings is 1. The maximum atomic E-state index is 11.2. The van der Waals surface area contributed by atoms with E-state index in [4.69, 9.17) is 17.3 Å². The molecule has 1 heterocycles. The lowest BCUT2D eigenvalue weighted by molar-refractivity contribution is -0.116. The number of fused-ring (bicyclic) bond motifs is 1. The summed E-state index contributed by atoms with van der Waals surface area (Å²) in [6.07, 6.45) is 0. The first-order valence-corrected chi connectivity index (χ1v) is 6.34. The van der Waals surface area contributed by atoms with E-state index < -0.39 is 5.91 Å². The van der Waals surface area contributed by atoms with Crippen LogP contribution in [0.5, 0.6) is 0 Å². The van der Waals surface area contributed by atoms with Gasteiger partial charge in [-0.2, -0.15) is 4.98 Å². The van der Waals surface area contributed by atoms with Crippen molar-refractivity contribution in [3.63, 3.8) is 0 Å². The van der Waals surface area contributed by atoms with Crippen molar-refractivity contribution in [2.75, 3.05) is 11.4 Å². The molecular formula is C13H15ClN4O. The van der Waals surface area contributed by atoms with Crippen molar-refractivity contribution in [3.05, 3.63) is 29.5 Å². The lowest BCUT2D eigenvalue weighted by atomic mass is 10.2. The van der Waals surface area contributed by atoms with Crippen molar-refractivity contribution in [3.8, 4) is 0 Å². The molecule has 0 fully saturated rings. The molecule has 0 saturated carbocycles. The van der Waals surface area contributed by atoms with E-state index in [0.29, 0.717) is 5.82 Å². The van der Waals surface area contributed by atoms with E-state index in [1.165, 1.54) is 0 Å². The van der Waals surface area contributed by atoms with Gasteiger partial charge in [0.1, 0.15) is 5.82 Å². The lowest BCUT2D eigenvalue weighted by Crippen LogP contribution is -2.39. The Balaban J connectivity index is 2.61. The van der Waals surface area contributed by atoms with E-state index in [1.54, 1.807) is 0 Å². The molecule has 0 unspecified atom stereocenters. The minimum absolute atomic E-state index is 0.0712. The Labute approximate surface area is 116 Å². The van der Waals surface area contributed by atoms with Gasteiger partial charge in [-0.3, -0.25) is 4.79 Å². The van der Waals surface area contributed by atoms with Crippen LogP contribution in [-0.4, -0.2) is 28.5 Å². The van der Waals surface area contributed by atoms with E-state index >= 15 is 0 Å². The number of hydrogen-bond acceptors (Lipinski definition) is 4. The van der Waals surface area contributed by atoms with Gasteiger partial charge in [0.15, 0.2) is 0 Å². The van der Waals surface area contributed by atoms with Crippen molar-refractivity contribution in [1.82, 2.24) is 9.97 Å². The second kappa shape index (κ2) is 5.40. The van der Waals surface area contributed by atoms with Gasteiger partial charge in [-0.1, -0.05) is 12.1 Å². The number of para-hydroxylation sites is 1. The van der Waals surface area contributed by atoms with Crippen molar-refractivity contribution < 1.29 is 4.79 Å². The molecule has 100 valence electrons. The van der Waals surface area contributed by atoms with Gasteiger partial charge in [0.05, 0.1) is 12.1 Å². The predicted molar refractivity (Wildman–Crippen MR) is 76.2 cm³/mol. The fourth-order valence-electron chi connectivity index (χ4n) is 1.92. The number of nitrogens with two attached hydrogens (primary N) is 1. The zero-order valence-electron chi connectivity index (χ0n) is 10.8. The zero-order valence-corrected chi connectivity index (χ0v) is 11.6. The van der Waals surface area contributed by atoms with E-state index in [1.807, 2.05) is 43.0 Å². The highest BCUT2D eigenvalue weighted by Gasteiger charge is 2.18. The average molecular weight is 279 g/mol. The maximum Gasteiger partial charge on any atom is 0.237 e. The molecule has 1 aromatic heterocycles. The van der Waals surface area contributed by atoms with Crippen LogP contribution in [-0.2, 0) is 4.79 Å². The molecule has 2 rings (SSSR count). The van der Waals surface area contributed by atoms with Gasteiger partial charge in [0, 0.05) is 11.4 Å². The van der Waals surface area contributed by atoms with Crippen molar-refractivity contribution in [2.45, 2.75) is 19.9 Å².